The Hall–Kier alpha value is -2.08. The van der Waals surface area contributed by atoms with E-state index in [2.05, 4.69) is 22.3 Å². The highest BCUT2D eigenvalue weighted by Gasteiger charge is 2.20. The van der Waals surface area contributed by atoms with E-state index in [0.29, 0.717) is 30.5 Å². The zero-order valence-corrected chi connectivity index (χ0v) is 18.1. The molecule has 30 heavy (non-hydrogen) atoms. The second-order valence-corrected chi connectivity index (χ2v) is 8.27. The van der Waals surface area contributed by atoms with E-state index in [1.807, 2.05) is 36.4 Å². The lowest BCUT2D eigenvalue weighted by molar-refractivity contribution is -0.121. The highest BCUT2D eigenvalue weighted by Crippen LogP contribution is 2.23. The van der Waals surface area contributed by atoms with Gasteiger partial charge in [0.05, 0.1) is 6.61 Å². The Morgan fingerprint density at radius 3 is 2.77 bits per heavy atom. The zero-order chi connectivity index (χ0) is 21.2. The molecule has 2 aromatic rings. The number of carbonyl (C=O) groups excluding carboxylic acids is 1. The highest BCUT2D eigenvalue weighted by atomic mass is 35.5. The lowest BCUT2D eigenvalue weighted by atomic mass is 9.93. The van der Waals surface area contributed by atoms with Crippen molar-refractivity contribution in [3.05, 3.63) is 64.7 Å². The number of hydrogen-bond acceptors (Lipinski definition) is 4. The molecule has 162 valence electrons. The number of aliphatic hydroxyl groups excluding tert-OH is 1. The molecule has 0 bridgehead atoms. The number of rotatable bonds is 10. The third-order valence-corrected chi connectivity index (χ3v) is 5.87. The largest absolute Gasteiger partial charge is 0.491 e. The Kier molecular flexibility index (Phi) is 9.00. The monoisotopic (exact) mass is 430 g/mol. The fourth-order valence-corrected chi connectivity index (χ4v) is 4.11. The standard InChI is InChI=1S/C24H31ClN2O3/c25-23-6-2-1-5-21(23)16-26-24(29)12-9-19-4-3-13-27(17-19)18-20-7-10-22(11-8-20)30-15-14-28/h1-2,5-8,10-11,19,28H,3-4,9,12-18H2,(H,26,29)/t19-/m1/s1. The van der Waals surface area contributed by atoms with Crippen molar-refractivity contribution in [1.82, 2.24) is 10.2 Å². The van der Waals surface area contributed by atoms with Gasteiger partial charge in [-0.2, -0.15) is 0 Å². The Morgan fingerprint density at radius 2 is 2.00 bits per heavy atom. The number of nitrogens with zero attached hydrogens (tertiary/aromatic N) is 1. The van der Waals surface area contributed by atoms with Crippen LogP contribution in [0, 0.1) is 5.92 Å². The average molecular weight is 431 g/mol. The Bertz CT molecular complexity index is 797. The second kappa shape index (κ2) is 11.9. The van der Waals surface area contributed by atoms with Gasteiger partial charge in [-0.3, -0.25) is 9.69 Å². The fourth-order valence-electron chi connectivity index (χ4n) is 3.90. The van der Waals surface area contributed by atoms with Crippen molar-refractivity contribution >= 4 is 17.5 Å². The van der Waals surface area contributed by atoms with Gasteiger partial charge < -0.3 is 15.2 Å². The van der Waals surface area contributed by atoms with E-state index in [4.69, 9.17) is 21.4 Å². The summed E-state index contributed by atoms with van der Waals surface area (Å²) in [6, 6.07) is 15.7. The van der Waals surface area contributed by atoms with Crippen LogP contribution in [0.25, 0.3) is 0 Å². The number of ether oxygens (including phenoxy) is 1. The van der Waals surface area contributed by atoms with Crippen LogP contribution in [0.15, 0.2) is 48.5 Å². The van der Waals surface area contributed by atoms with E-state index in [0.717, 1.165) is 37.4 Å². The molecule has 0 spiro atoms. The lowest BCUT2D eigenvalue weighted by Crippen LogP contribution is -2.35. The van der Waals surface area contributed by atoms with Crippen LogP contribution >= 0.6 is 11.6 Å². The van der Waals surface area contributed by atoms with E-state index in [1.165, 1.54) is 18.4 Å². The molecular formula is C24H31ClN2O3. The molecule has 0 aromatic heterocycles. The molecule has 0 saturated carbocycles. The van der Waals surface area contributed by atoms with Crippen molar-refractivity contribution < 1.29 is 14.6 Å². The number of nitrogens with one attached hydrogen (secondary N) is 1. The van der Waals surface area contributed by atoms with E-state index < -0.39 is 0 Å². The van der Waals surface area contributed by atoms with Crippen LogP contribution in [0.3, 0.4) is 0 Å². The van der Waals surface area contributed by atoms with Gasteiger partial charge in [0.15, 0.2) is 0 Å². The minimum atomic E-state index is 0.0228. The fraction of sp³-hybridized carbons (Fsp3) is 0.458. The van der Waals surface area contributed by atoms with Crippen molar-refractivity contribution in [3.8, 4) is 5.75 Å². The molecule has 1 aliphatic rings. The van der Waals surface area contributed by atoms with Crippen LogP contribution in [0.1, 0.15) is 36.8 Å². The first-order valence-electron chi connectivity index (χ1n) is 10.7. The van der Waals surface area contributed by atoms with E-state index in [1.54, 1.807) is 0 Å². The van der Waals surface area contributed by atoms with Crippen LogP contribution in [0.2, 0.25) is 5.02 Å². The third kappa shape index (κ3) is 7.31. The molecule has 1 heterocycles. The number of halogens is 1. The number of benzene rings is 2. The normalized spacial score (nSPS) is 16.9. The van der Waals surface area contributed by atoms with Gasteiger partial charge in [0.1, 0.15) is 12.4 Å². The number of aliphatic hydroxyl groups is 1. The number of likely N-dealkylation sites (tertiary alicyclic amines) is 1. The maximum atomic E-state index is 12.3. The molecule has 6 heteroatoms. The molecule has 1 fully saturated rings. The molecule has 1 aliphatic heterocycles. The van der Waals surface area contributed by atoms with Gasteiger partial charge in [-0.1, -0.05) is 41.9 Å². The van der Waals surface area contributed by atoms with Crippen LogP contribution in [-0.4, -0.2) is 42.2 Å². The average Bonchev–Trinajstić information content (AvgIpc) is 2.77. The molecule has 0 unspecified atom stereocenters. The predicted molar refractivity (Wildman–Crippen MR) is 120 cm³/mol. The van der Waals surface area contributed by atoms with Crippen molar-refractivity contribution in [3.63, 3.8) is 0 Å². The first-order valence-corrected chi connectivity index (χ1v) is 11.1. The summed E-state index contributed by atoms with van der Waals surface area (Å²) in [7, 11) is 0. The van der Waals surface area contributed by atoms with Crippen LogP contribution in [0.4, 0.5) is 0 Å². The summed E-state index contributed by atoms with van der Waals surface area (Å²) in [4.78, 5) is 14.7. The van der Waals surface area contributed by atoms with E-state index >= 15 is 0 Å². The van der Waals surface area contributed by atoms with Gasteiger partial charge in [-0.05, 0) is 61.1 Å². The van der Waals surface area contributed by atoms with Gasteiger partial charge in [-0.15, -0.1) is 0 Å². The van der Waals surface area contributed by atoms with Crippen molar-refractivity contribution in [2.75, 3.05) is 26.3 Å². The van der Waals surface area contributed by atoms with Gasteiger partial charge in [-0.25, -0.2) is 0 Å². The summed E-state index contributed by atoms with van der Waals surface area (Å²) in [6.45, 7) is 3.86. The van der Waals surface area contributed by atoms with E-state index in [-0.39, 0.29) is 12.5 Å². The van der Waals surface area contributed by atoms with Crippen molar-refractivity contribution in [2.24, 2.45) is 5.92 Å². The van der Waals surface area contributed by atoms with Gasteiger partial charge >= 0.3 is 0 Å². The maximum absolute atomic E-state index is 12.3. The lowest BCUT2D eigenvalue weighted by Gasteiger charge is -2.32. The SMILES string of the molecule is O=C(CC[C@H]1CCCN(Cc2ccc(OCCO)cc2)C1)NCc1ccccc1Cl. The topological polar surface area (TPSA) is 61.8 Å². The Balaban J connectivity index is 1.39. The molecule has 0 aliphatic carbocycles. The number of hydrogen-bond donors (Lipinski definition) is 2. The molecule has 1 saturated heterocycles. The minimum absolute atomic E-state index is 0.0228. The van der Waals surface area contributed by atoms with Crippen molar-refractivity contribution in [1.29, 1.82) is 0 Å². The first-order chi connectivity index (χ1) is 14.6. The van der Waals surface area contributed by atoms with Crippen LogP contribution in [-0.2, 0) is 17.9 Å². The highest BCUT2D eigenvalue weighted by molar-refractivity contribution is 6.31. The first kappa shape index (κ1) is 22.6. The molecule has 0 radical (unpaired) electrons. The summed E-state index contributed by atoms with van der Waals surface area (Å²) >= 11 is 6.15. The quantitative estimate of drug-likeness (QED) is 0.597. The predicted octanol–water partition coefficient (Wildman–Crippen LogP) is 4.02. The summed E-state index contributed by atoms with van der Waals surface area (Å²) in [5, 5.41) is 12.5. The number of piperidine rings is 1. The second-order valence-electron chi connectivity index (χ2n) is 7.87. The summed E-state index contributed by atoms with van der Waals surface area (Å²) in [6.07, 6.45) is 3.82. The smallest absolute Gasteiger partial charge is 0.220 e. The molecule has 2 aromatic carbocycles. The van der Waals surface area contributed by atoms with Gasteiger partial charge in [0.25, 0.3) is 0 Å². The Labute approximate surface area is 184 Å². The molecule has 1 amide bonds. The van der Waals surface area contributed by atoms with Crippen molar-refractivity contribution in [2.45, 2.75) is 38.8 Å². The van der Waals surface area contributed by atoms with Gasteiger partial charge in [0, 0.05) is 31.1 Å². The molecule has 1 atom stereocenters. The number of amides is 1. The summed E-state index contributed by atoms with van der Waals surface area (Å²) in [5.74, 6) is 1.43. The molecule has 3 rings (SSSR count). The zero-order valence-electron chi connectivity index (χ0n) is 17.4. The van der Waals surface area contributed by atoms with E-state index in [9.17, 15) is 4.79 Å². The molecular weight excluding hydrogens is 400 g/mol. The number of carbonyl (C=O) groups is 1. The minimum Gasteiger partial charge on any atom is -0.491 e. The van der Waals surface area contributed by atoms with Crippen LogP contribution < -0.4 is 10.1 Å². The van der Waals surface area contributed by atoms with Gasteiger partial charge in [0.2, 0.25) is 5.91 Å². The summed E-state index contributed by atoms with van der Waals surface area (Å²) in [5.41, 5.74) is 2.20. The molecule has 2 N–H and O–H groups in total. The third-order valence-electron chi connectivity index (χ3n) is 5.51. The maximum Gasteiger partial charge on any atom is 0.220 e. The van der Waals surface area contributed by atoms with Crippen LogP contribution in [0.5, 0.6) is 5.75 Å². The summed E-state index contributed by atoms with van der Waals surface area (Å²) < 4.78 is 5.42. The molecule has 5 nitrogen and oxygen atoms in total. The Morgan fingerprint density at radius 1 is 1.20 bits per heavy atom.